The summed E-state index contributed by atoms with van der Waals surface area (Å²) in [6.45, 7) is 0.800. The third-order valence-electron chi connectivity index (χ3n) is 4.18. The highest BCUT2D eigenvalue weighted by Crippen LogP contribution is 2.46. The highest BCUT2D eigenvalue weighted by atomic mass is 79.9. The number of carbonyl (C=O) groups is 1. The van der Waals surface area contributed by atoms with Crippen molar-refractivity contribution in [1.29, 1.82) is 0 Å². The van der Waals surface area contributed by atoms with E-state index in [1.54, 1.807) is 23.9 Å². The number of carboxylic acids is 1. The van der Waals surface area contributed by atoms with E-state index in [1.807, 2.05) is 6.07 Å². The first-order chi connectivity index (χ1) is 9.58. The Hall–Kier alpha value is -0.520. The molecular formula is C15H17BrO3S. The van der Waals surface area contributed by atoms with Crippen LogP contribution in [0.3, 0.4) is 0 Å². The molecule has 2 fully saturated rings. The topological polar surface area (TPSA) is 46.5 Å². The summed E-state index contributed by atoms with van der Waals surface area (Å²) in [5.41, 5.74) is 0.498. The minimum absolute atomic E-state index is 0.102. The molecule has 0 radical (unpaired) electrons. The van der Waals surface area contributed by atoms with Crippen LogP contribution in [0.4, 0.5) is 0 Å². The minimum atomic E-state index is -0.856. The first-order valence-electron chi connectivity index (χ1n) is 6.91. The van der Waals surface area contributed by atoms with E-state index in [9.17, 15) is 9.90 Å². The standard InChI is InChI=1S/C15H17BrO3S/c16-10-2-3-12(14(17)18)13(8-10)20-11-4-7-19-15(9-11)5-1-6-15/h2-3,8,11H,1,4-7,9H2,(H,17,18). The molecule has 1 aliphatic carbocycles. The summed E-state index contributed by atoms with van der Waals surface area (Å²) in [5.74, 6) is -0.856. The highest BCUT2D eigenvalue weighted by Gasteiger charge is 2.42. The summed E-state index contributed by atoms with van der Waals surface area (Å²) in [7, 11) is 0. The van der Waals surface area contributed by atoms with Crippen LogP contribution in [0.5, 0.6) is 0 Å². The van der Waals surface area contributed by atoms with Crippen LogP contribution in [0.15, 0.2) is 27.6 Å². The van der Waals surface area contributed by atoms with Gasteiger partial charge in [0.2, 0.25) is 0 Å². The van der Waals surface area contributed by atoms with E-state index < -0.39 is 5.97 Å². The van der Waals surface area contributed by atoms with Gasteiger partial charge in [-0.3, -0.25) is 0 Å². The van der Waals surface area contributed by atoms with E-state index in [4.69, 9.17) is 4.74 Å². The van der Waals surface area contributed by atoms with Gasteiger partial charge in [0.15, 0.2) is 0 Å². The van der Waals surface area contributed by atoms with Gasteiger partial charge < -0.3 is 9.84 Å². The van der Waals surface area contributed by atoms with Crippen molar-refractivity contribution >= 4 is 33.7 Å². The molecule has 0 aromatic heterocycles. The quantitative estimate of drug-likeness (QED) is 0.874. The van der Waals surface area contributed by atoms with E-state index in [0.717, 1.165) is 41.7 Å². The first kappa shape index (κ1) is 14.4. The highest BCUT2D eigenvalue weighted by molar-refractivity contribution is 9.10. The Bertz CT molecular complexity index is 528. The number of hydrogen-bond donors (Lipinski definition) is 1. The Kier molecular flexibility index (Phi) is 4.11. The van der Waals surface area contributed by atoms with Crippen molar-refractivity contribution in [3.8, 4) is 0 Å². The number of carboxylic acid groups (broad SMARTS) is 1. The number of ether oxygens (including phenoxy) is 1. The van der Waals surface area contributed by atoms with Crippen molar-refractivity contribution in [3.63, 3.8) is 0 Å². The van der Waals surface area contributed by atoms with Gasteiger partial charge in [0.25, 0.3) is 0 Å². The van der Waals surface area contributed by atoms with Crippen LogP contribution >= 0.6 is 27.7 Å². The van der Waals surface area contributed by atoms with E-state index in [0.29, 0.717) is 10.8 Å². The normalized spacial score (nSPS) is 24.4. The molecule has 1 spiro atoms. The lowest BCUT2D eigenvalue weighted by molar-refractivity contribution is -0.125. The molecule has 0 amide bonds. The second-order valence-corrected chi connectivity index (χ2v) is 7.82. The summed E-state index contributed by atoms with van der Waals surface area (Å²) in [5, 5.41) is 9.75. The number of aromatic carboxylic acids is 1. The number of thioether (sulfide) groups is 1. The lowest BCUT2D eigenvalue weighted by Crippen LogP contribution is -2.46. The Labute approximate surface area is 131 Å². The van der Waals surface area contributed by atoms with Gasteiger partial charge in [0.1, 0.15) is 0 Å². The minimum Gasteiger partial charge on any atom is -0.478 e. The molecule has 1 saturated carbocycles. The molecule has 1 aromatic rings. The summed E-state index contributed by atoms with van der Waals surface area (Å²) in [6, 6.07) is 5.37. The summed E-state index contributed by atoms with van der Waals surface area (Å²) in [4.78, 5) is 12.2. The van der Waals surface area contributed by atoms with E-state index >= 15 is 0 Å². The lowest BCUT2D eigenvalue weighted by atomic mass is 9.75. The third kappa shape index (κ3) is 2.90. The molecule has 1 aliphatic heterocycles. The monoisotopic (exact) mass is 356 g/mol. The Morgan fingerprint density at radius 2 is 2.25 bits per heavy atom. The van der Waals surface area contributed by atoms with Crippen LogP contribution < -0.4 is 0 Å². The number of halogens is 1. The Morgan fingerprint density at radius 3 is 2.90 bits per heavy atom. The predicted molar refractivity (Wildman–Crippen MR) is 82.5 cm³/mol. The van der Waals surface area contributed by atoms with Crippen LogP contribution in [0.2, 0.25) is 0 Å². The predicted octanol–water partition coefficient (Wildman–Crippen LogP) is 4.34. The van der Waals surface area contributed by atoms with Gasteiger partial charge >= 0.3 is 5.97 Å². The molecule has 1 heterocycles. The zero-order valence-corrected chi connectivity index (χ0v) is 13.5. The molecule has 1 aromatic carbocycles. The zero-order chi connectivity index (χ0) is 14.2. The molecule has 2 aliphatic rings. The van der Waals surface area contributed by atoms with Crippen molar-refractivity contribution in [2.24, 2.45) is 0 Å². The second-order valence-electron chi connectivity index (χ2n) is 5.56. The molecule has 0 bridgehead atoms. The van der Waals surface area contributed by atoms with E-state index in [1.165, 1.54) is 6.42 Å². The van der Waals surface area contributed by atoms with Crippen molar-refractivity contribution < 1.29 is 14.6 Å². The van der Waals surface area contributed by atoms with E-state index in [2.05, 4.69) is 15.9 Å². The number of rotatable bonds is 3. The fraction of sp³-hybridized carbons (Fsp3) is 0.533. The fourth-order valence-electron chi connectivity index (χ4n) is 2.95. The first-order valence-corrected chi connectivity index (χ1v) is 8.59. The van der Waals surface area contributed by atoms with Gasteiger partial charge in [0.05, 0.1) is 11.2 Å². The van der Waals surface area contributed by atoms with Crippen LogP contribution in [-0.4, -0.2) is 28.5 Å². The maximum atomic E-state index is 11.3. The smallest absolute Gasteiger partial charge is 0.336 e. The van der Waals surface area contributed by atoms with Gasteiger partial charge in [-0.1, -0.05) is 15.9 Å². The molecule has 1 unspecified atom stereocenters. The van der Waals surface area contributed by atoms with Crippen LogP contribution in [0, 0.1) is 0 Å². The SMILES string of the molecule is O=C(O)c1ccc(Br)cc1SC1CCOC2(CCC2)C1. The molecule has 1 atom stereocenters. The largest absolute Gasteiger partial charge is 0.478 e. The Morgan fingerprint density at radius 1 is 1.45 bits per heavy atom. The van der Waals surface area contributed by atoms with E-state index in [-0.39, 0.29) is 5.60 Å². The second kappa shape index (κ2) is 5.70. The van der Waals surface area contributed by atoms with Gasteiger partial charge in [-0.2, -0.15) is 0 Å². The van der Waals surface area contributed by atoms with Crippen LogP contribution in [0.25, 0.3) is 0 Å². The molecule has 3 nitrogen and oxygen atoms in total. The lowest BCUT2D eigenvalue weighted by Gasteiger charge is -2.47. The van der Waals surface area contributed by atoms with Gasteiger partial charge in [-0.05, 0) is 50.3 Å². The summed E-state index contributed by atoms with van der Waals surface area (Å²) in [6.07, 6.45) is 5.62. The molecule has 1 N–H and O–H groups in total. The molecule has 3 rings (SSSR count). The number of benzene rings is 1. The fourth-order valence-corrected chi connectivity index (χ4v) is 4.90. The van der Waals surface area contributed by atoms with Crippen LogP contribution in [0.1, 0.15) is 42.5 Å². The van der Waals surface area contributed by atoms with Gasteiger partial charge in [-0.15, -0.1) is 11.8 Å². The maximum absolute atomic E-state index is 11.3. The van der Waals surface area contributed by atoms with Crippen molar-refractivity contribution in [3.05, 3.63) is 28.2 Å². The Balaban J connectivity index is 1.76. The average Bonchev–Trinajstić information content (AvgIpc) is 2.37. The number of hydrogen-bond acceptors (Lipinski definition) is 3. The van der Waals surface area contributed by atoms with Gasteiger partial charge in [0, 0.05) is 21.2 Å². The molecular weight excluding hydrogens is 340 g/mol. The van der Waals surface area contributed by atoms with Crippen molar-refractivity contribution in [1.82, 2.24) is 0 Å². The summed E-state index contributed by atoms with van der Waals surface area (Å²) >= 11 is 5.12. The molecule has 20 heavy (non-hydrogen) atoms. The maximum Gasteiger partial charge on any atom is 0.336 e. The molecule has 5 heteroatoms. The van der Waals surface area contributed by atoms with Crippen molar-refractivity contribution in [2.45, 2.75) is 47.9 Å². The zero-order valence-electron chi connectivity index (χ0n) is 11.1. The third-order valence-corrected chi connectivity index (χ3v) is 6.00. The van der Waals surface area contributed by atoms with Crippen LogP contribution in [-0.2, 0) is 4.74 Å². The summed E-state index contributed by atoms with van der Waals surface area (Å²) < 4.78 is 6.86. The average molecular weight is 357 g/mol. The van der Waals surface area contributed by atoms with Gasteiger partial charge in [-0.25, -0.2) is 4.79 Å². The van der Waals surface area contributed by atoms with Crippen molar-refractivity contribution in [2.75, 3.05) is 6.61 Å². The molecule has 108 valence electrons. The molecule has 1 saturated heterocycles.